The standard InChI is InChI=1S/C27H26N4O3S/c1-4-34-25(32)23-17(2)28-26-29-27(30-31(26)24(23)20-11-13-22(33-3)14-12-20)35-16-18-9-10-19-7-5-6-8-21(19)15-18/h5-15,24H,4,16H2,1-3H3,(H,28,29,30)/t24-/m0/s1. The van der Waals surface area contributed by atoms with Crippen LogP contribution in [0.4, 0.5) is 5.95 Å². The number of carbonyl (C=O) groups is 1. The Morgan fingerprint density at radius 2 is 1.86 bits per heavy atom. The van der Waals surface area contributed by atoms with Gasteiger partial charge in [0.1, 0.15) is 11.8 Å². The van der Waals surface area contributed by atoms with Gasteiger partial charge in [-0.05, 0) is 47.9 Å². The number of hydrogen-bond donors (Lipinski definition) is 1. The highest BCUT2D eigenvalue weighted by molar-refractivity contribution is 7.98. The van der Waals surface area contributed by atoms with Crippen LogP contribution >= 0.6 is 11.8 Å². The van der Waals surface area contributed by atoms with Gasteiger partial charge in [0, 0.05) is 11.4 Å². The third kappa shape index (κ3) is 4.61. The first-order valence-corrected chi connectivity index (χ1v) is 12.4. The molecule has 3 aromatic carbocycles. The number of aromatic nitrogens is 3. The zero-order chi connectivity index (χ0) is 24.4. The van der Waals surface area contributed by atoms with E-state index in [1.54, 1.807) is 30.5 Å². The number of methoxy groups -OCH3 is 1. The number of anilines is 1. The summed E-state index contributed by atoms with van der Waals surface area (Å²) in [7, 11) is 1.63. The maximum Gasteiger partial charge on any atom is 0.338 e. The minimum Gasteiger partial charge on any atom is -0.497 e. The van der Waals surface area contributed by atoms with E-state index in [0.717, 1.165) is 17.1 Å². The van der Waals surface area contributed by atoms with Crippen LogP contribution < -0.4 is 10.1 Å². The number of hydrogen-bond acceptors (Lipinski definition) is 7. The summed E-state index contributed by atoms with van der Waals surface area (Å²) in [5.74, 6) is 1.70. The lowest BCUT2D eigenvalue weighted by Crippen LogP contribution is -2.29. The zero-order valence-corrected chi connectivity index (χ0v) is 20.6. The molecule has 0 fully saturated rings. The third-order valence-corrected chi connectivity index (χ3v) is 6.85. The molecular formula is C27H26N4O3S. The fourth-order valence-electron chi connectivity index (χ4n) is 4.24. The van der Waals surface area contributed by atoms with E-state index in [4.69, 9.17) is 19.6 Å². The number of esters is 1. The Kier molecular flexibility index (Phi) is 6.46. The highest BCUT2D eigenvalue weighted by Crippen LogP contribution is 2.37. The third-order valence-electron chi connectivity index (χ3n) is 5.94. The zero-order valence-electron chi connectivity index (χ0n) is 19.8. The van der Waals surface area contributed by atoms with E-state index in [2.05, 4.69) is 35.6 Å². The van der Waals surface area contributed by atoms with Crippen molar-refractivity contribution >= 4 is 34.5 Å². The molecule has 0 saturated carbocycles. The topological polar surface area (TPSA) is 78.3 Å². The van der Waals surface area contributed by atoms with Crippen molar-refractivity contribution in [3.05, 3.63) is 89.1 Å². The Bertz CT molecular complexity index is 1410. The molecule has 1 N–H and O–H groups in total. The molecule has 178 valence electrons. The average molecular weight is 487 g/mol. The predicted octanol–water partition coefficient (Wildman–Crippen LogP) is 5.58. The number of allylic oxidation sites excluding steroid dienone is 1. The van der Waals surface area contributed by atoms with Crippen molar-refractivity contribution in [1.82, 2.24) is 14.8 Å². The first kappa shape index (κ1) is 23.0. The van der Waals surface area contributed by atoms with Crippen LogP contribution in [0.25, 0.3) is 10.8 Å². The van der Waals surface area contributed by atoms with Gasteiger partial charge in [0.2, 0.25) is 11.1 Å². The number of carbonyl (C=O) groups excluding carboxylic acids is 1. The molecule has 0 bridgehead atoms. The van der Waals surface area contributed by atoms with Crippen molar-refractivity contribution in [2.45, 2.75) is 30.8 Å². The monoisotopic (exact) mass is 486 g/mol. The Balaban J connectivity index is 1.46. The van der Waals surface area contributed by atoms with E-state index in [9.17, 15) is 4.79 Å². The molecule has 1 atom stereocenters. The molecule has 5 rings (SSSR count). The van der Waals surface area contributed by atoms with Crippen LogP contribution in [-0.4, -0.2) is 34.5 Å². The molecule has 1 aliphatic heterocycles. The maximum absolute atomic E-state index is 12.9. The summed E-state index contributed by atoms with van der Waals surface area (Å²) in [5.41, 5.74) is 3.31. The second-order valence-electron chi connectivity index (χ2n) is 8.19. The van der Waals surface area contributed by atoms with Crippen LogP contribution in [0.3, 0.4) is 0 Å². The van der Waals surface area contributed by atoms with Gasteiger partial charge in [-0.3, -0.25) is 0 Å². The van der Waals surface area contributed by atoms with E-state index in [0.29, 0.717) is 29.0 Å². The summed E-state index contributed by atoms with van der Waals surface area (Å²) in [4.78, 5) is 17.7. The number of rotatable bonds is 7. The van der Waals surface area contributed by atoms with Crippen molar-refractivity contribution in [3.8, 4) is 5.75 Å². The van der Waals surface area contributed by atoms with E-state index in [-0.39, 0.29) is 5.97 Å². The van der Waals surface area contributed by atoms with Gasteiger partial charge in [-0.1, -0.05) is 66.4 Å². The van der Waals surface area contributed by atoms with Crippen molar-refractivity contribution < 1.29 is 14.3 Å². The summed E-state index contributed by atoms with van der Waals surface area (Å²) in [5, 5.41) is 11.1. The predicted molar refractivity (Wildman–Crippen MR) is 138 cm³/mol. The molecule has 0 radical (unpaired) electrons. The Labute approximate surface area is 208 Å². The van der Waals surface area contributed by atoms with Gasteiger partial charge >= 0.3 is 5.97 Å². The fourth-order valence-corrected chi connectivity index (χ4v) is 5.01. The molecule has 0 spiro atoms. The van der Waals surface area contributed by atoms with Crippen LogP contribution in [0.1, 0.15) is 31.0 Å². The van der Waals surface area contributed by atoms with Gasteiger partial charge < -0.3 is 14.8 Å². The largest absolute Gasteiger partial charge is 0.497 e. The minimum absolute atomic E-state index is 0.294. The summed E-state index contributed by atoms with van der Waals surface area (Å²) in [6, 6.07) is 22.0. The lowest BCUT2D eigenvalue weighted by Gasteiger charge is -2.28. The number of nitrogens with one attached hydrogen (secondary N) is 1. The molecule has 8 heteroatoms. The SMILES string of the molecule is CCOC(=O)C1=C(C)Nc2nc(SCc3ccc4ccccc4c3)nn2[C@H]1c1ccc(OC)cc1. The molecule has 35 heavy (non-hydrogen) atoms. The van der Waals surface area contributed by atoms with Crippen LogP contribution in [0.2, 0.25) is 0 Å². The summed E-state index contributed by atoms with van der Waals surface area (Å²) in [6.45, 7) is 3.96. The summed E-state index contributed by atoms with van der Waals surface area (Å²) in [6.07, 6.45) is 0. The lowest BCUT2D eigenvalue weighted by atomic mass is 9.96. The van der Waals surface area contributed by atoms with Crippen molar-refractivity contribution in [1.29, 1.82) is 0 Å². The quantitative estimate of drug-likeness (QED) is 0.270. The number of ether oxygens (including phenoxy) is 2. The summed E-state index contributed by atoms with van der Waals surface area (Å²) >= 11 is 1.56. The highest BCUT2D eigenvalue weighted by atomic mass is 32.2. The van der Waals surface area contributed by atoms with Crippen molar-refractivity contribution in [2.24, 2.45) is 0 Å². The molecule has 1 aromatic heterocycles. The van der Waals surface area contributed by atoms with Crippen LogP contribution in [0.5, 0.6) is 5.75 Å². The molecule has 0 unspecified atom stereocenters. The van der Waals surface area contributed by atoms with E-state index in [1.807, 2.05) is 43.3 Å². The van der Waals surface area contributed by atoms with Crippen LogP contribution in [0.15, 0.2) is 83.2 Å². The van der Waals surface area contributed by atoms with Gasteiger partial charge in [0.15, 0.2) is 0 Å². The lowest BCUT2D eigenvalue weighted by molar-refractivity contribution is -0.139. The smallest absolute Gasteiger partial charge is 0.338 e. The van der Waals surface area contributed by atoms with Crippen molar-refractivity contribution in [3.63, 3.8) is 0 Å². The minimum atomic E-state index is -0.460. The normalized spacial score (nSPS) is 15.0. The number of benzene rings is 3. The number of thioether (sulfide) groups is 1. The van der Waals surface area contributed by atoms with E-state index < -0.39 is 6.04 Å². The fraction of sp³-hybridized carbons (Fsp3) is 0.222. The van der Waals surface area contributed by atoms with Gasteiger partial charge in [-0.15, -0.1) is 5.10 Å². The first-order valence-electron chi connectivity index (χ1n) is 11.4. The van der Waals surface area contributed by atoms with E-state index >= 15 is 0 Å². The van der Waals surface area contributed by atoms with Crippen LogP contribution in [0, 0.1) is 0 Å². The molecule has 7 nitrogen and oxygen atoms in total. The van der Waals surface area contributed by atoms with Gasteiger partial charge in [0.05, 0.1) is 19.3 Å². The number of nitrogens with zero attached hydrogens (tertiary/aromatic N) is 3. The van der Waals surface area contributed by atoms with Gasteiger partial charge in [0.25, 0.3) is 0 Å². The van der Waals surface area contributed by atoms with E-state index in [1.165, 1.54) is 16.3 Å². The molecular weight excluding hydrogens is 460 g/mol. The summed E-state index contributed by atoms with van der Waals surface area (Å²) < 4.78 is 12.5. The molecule has 2 heterocycles. The van der Waals surface area contributed by atoms with Crippen LogP contribution in [-0.2, 0) is 15.3 Å². The first-order chi connectivity index (χ1) is 17.1. The molecule has 0 aliphatic carbocycles. The Morgan fingerprint density at radius 3 is 2.60 bits per heavy atom. The van der Waals surface area contributed by atoms with Gasteiger partial charge in [-0.25, -0.2) is 9.48 Å². The molecule has 0 amide bonds. The molecule has 0 saturated heterocycles. The van der Waals surface area contributed by atoms with Crippen molar-refractivity contribution in [2.75, 3.05) is 19.0 Å². The maximum atomic E-state index is 12.9. The second-order valence-corrected chi connectivity index (χ2v) is 9.14. The van der Waals surface area contributed by atoms with Gasteiger partial charge in [-0.2, -0.15) is 4.98 Å². The molecule has 1 aliphatic rings. The Morgan fingerprint density at radius 1 is 1.09 bits per heavy atom. The highest BCUT2D eigenvalue weighted by Gasteiger charge is 2.35. The Hall–Kier alpha value is -3.78. The average Bonchev–Trinajstić information content (AvgIpc) is 3.29. The molecule has 4 aromatic rings. The second kappa shape index (κ2) is 9.84. The number of fused-ring (bicyclic) bond motifs is 2.